The summed E-state index contributed by atoms with van der Waals surface area (Å²) >= 11 is 5.89. The molecule has 1 saturated heterocycles. The maximum atomic E-state index is 12.6. The van der Waals surface area contributed by atoms with E-state index in [0.717, 1.165) is 12.8 Å². The second-order valence-electron chi connectivity index (χ2n) is 5.30. The third-order valence-corrected chi connectivity index (χ3v) is 3.91. The average molecular weight is 296 g/mol. The molecule has 0 saturated carbocycles. The van der Waals surface area contributed by atoms with Gasteiger partial charge in [0, 0.05) is 23.8 Å². The molecule has 1 aliphatic heterocycles. The van der Waals surface area contributed by atoms with Crippen molar-refractivity contribution in [3.05, 3.63) is 28.5 Å². The Hall–Kier alpha value is -1.62. The molecule has 20 heavy (non-hydrogen) atoms. The summed E-state index contributed by atoms with van der Waals surface area (Å²) in [6.07, 6.45) is 1.51. The summed E-state index contributed by atoms with van der Waals surface area (Å²) in [7, 11) is 0. The molecule has 2 amide bonds. The largest absolute Gasteiger partial charge is 0.369 e. The molecule has 1 fully saturated rings. The summed E-state index contributed by atoms with van der Waals surface area (Å²) in [6.45, 7) is 4.13. The number of nitrogens with zero attached hydrogens (tertiary/aromatic N) is 2. The lowest BCUT2D eigenvalue weighted by Crippen LogP contribution is -2.48. The Balaban J connectivity index is 2.24. The van der Waals surface area contributed by atoms with E-state index < -0.39 is 0 Å². The van der Waals surface area contributed by atoms with Crippen LogP contribution in [-0.2, 0) is 4.79 Å². The lowest BCUT2D eigenvalue weighted by Gasteiger charge is -2.37. The van der Waals surface area contributed by atoms with Crippen molar-refractivity contribution in [2.24, 2.45) is 11.7 Å². The van der Waals surface area contributed by atoms with Crippen LogP contribution in [0, 0.1) is 12.8 Å². The Morgan fingerprint density at radius 1 is 1.40 bits per heavy atom. The smallest absolute Gasteiger partial charge is 0.254 e. The van der Waals surface area contributed by atoms with Gasteiger partial charge in [-0.15, -0.1) is 0 Å². The zero-order valence-corrected chi connectivity index (χ0v) is 12.4. The summed E-state index contributed by atoms with van der Waals surface area (Å²) in [4.78, 5) is 29.6. The number of piperidine rings is 1. The minimum Gasteiger partial charge on any atom is -0.369 e. The summed E-state index contributed by atoms with van der Waals surface area (Å²) < 4.78 is 0. The van der Waals surface area contributed by atoms with Gasteiger partial charge >= 0.3 is 0 Å². The monoisotopic (exact) mass is 295 g/mol. The predicted octanol–water partition coefficient (Wildman–Crippen LogP) is 1.77. The molecule has 0 radical (unpaired) electrons. The van der Waals surface area contributed by atoms with Crippen LogP contribution in [0.4, 0.5) is 0 Å². The highest BCUT2D eigenvalue weighted by molar-refractivity contribution is 6.29. The Labute approximate surface area is 123 Å². The van der Waals surface area contributed by atoms with Crippen molar-refractivity contribution in [1.29, 1.82) is 0 Å². The van der Waals surface area contributed by atoms with Gasteiger partial charge in [-0.3, -0.25) is 9.59 Å². The number of hydrogen-bond donors (Lipinski definition) is 1. The first-order valence-electron chi connectivity index (χ1n) is 6.63. The quantitative estimate of drug-likeness (QED) is 0.845. The molecular weight excluding hydrogens is 278 g/mol. The van der Waals surface area contributed by atoms with Crippen LogP contribution in [0.25, 0.3) is 0 Å². The second-order valence-corrected chi connectivity index (χ2v) is 5.69. The number of aryl methyl sites for hydroxylation is 1. The van der Waals surface area contributed by atoms with Crippen LogP contribution in [0.5, 0.6) is 0 Å². The van der Waals surface area contributed by atoms with E-state index in [9.17, 15) is 9.59 Å². The summed E-state index contributed by atoms with van der Waals surface area (Å²) in [5.74, 6) is -0.747. The van der Waals surface area contributed by atoms with Crippen LogP contribution in [0.1, 0.15) is 35.8 Å². The fraction of sp³-hybridized carbons (Fsp3) is 0.500. The molecule has 0 aliphatic carbocycles. The van der Waals surface area contributed by atoms with E-state index in [4.69, 9.17) is 17.3 Å². The number of pyridine rings is 1. The molecule has 0 aromatic carbocycles. The van der Waals surface area contributed by atoms with Crippen molar-refractivity contribution < 1.29 is 9.59 Å². The van der Waals surface area contributed by atoms with Crippen LogP contribution in [0.2, 0.25) is 5.15 Å². The van der Waals surface area contributed by atoms with E-state index in [1.807, 2.05) is 6.92 Å². The fourth-order valence-corrected chi connectivity index (χ4v) is 2.79. The number of aromatic nitrogens is 1. The SMILES string of the molecule is Cc1cc(C(=O)N2CC(C(N)=O)CCC2C)cc(Cl)n1. The number of carbonyl (C=O) groups is 2. The lowest BCUT2D eigenvalue weighted by molar-refractivity contribution is -0.123. The molecule has 0 spiro atoms. The molecule has 2 heterocycles. The van der Waals surface area contributed by atoms with Crippen molar-refractivity contribution >= 4 is 23.4 Å². The number of carbonyl (C=O) groups excluding carboxylic acids is 2. The van der Waals surface area contributed by atoms with Gasteiger partial charge in [-0.2, -0.15) is 0 Å². The molecule has 2 unspecified atom stereocenters. The summed E-state index contributed by atoms with van der Waals surface area (Å²) in [5, 5.41) is 0.296. The zero-order valence-electron chi connectivity index (χ0n) is 11.6. The number of primary amides is 1. The highest BCUT2D eigenvalue weighted by Crippen LogP contribution is 2.24. The van der Waals surface area contributed by atoms with Gasteiger partial charge in [0.25, 0.3) is 5.91 Å². The fourth-order valence-electron chi connectivity index (χ4n) is 2.54. The van der Waals surface area contributed by atoms with E-state index in [-0.39, 0.29) is 23.8 Å². The van der Waals surface area contributed by atoms with Crippen molar-refractivity contribution in [3.8, 4) is 0 Å². The predicted molar refractivity (Wildman–Crippen MR) is 76.4 cm³/mol. The van der Waals surface area contributed by atoms with Crippen molar-refractivity contribution in [1.82, 2.24) is 9.88 Å². The van der Waals surface area contributed by atoms with Crippen LogP contribution in [-0.4, -0.2) is 34.3 Å². The number of likely N-dealkylation sites (tertiary alicyclic amines) is 1. The molecule has 2 rings (SSSR count). The molecule has 2 N–H and O–H groups in total. The van der Waals surface area contributed by atoms with Crippen LogP contribution in [0.15, 0.2) is 12.1 Å². The number of nitrogens with two attached hydrogens (primary N) is 1. The average Bonchev–Trinajstić information content (AvgIpc) is 2.37. The summed E-state index contributed by atoms with van der Waals surface area (Å²) in [6, 6.07) is 3.34. The molecule has 2 atom stereocenters. The van der Waals surface area contributed by atoms with Gasteiger partial charge in [0.2, 0.25) is 5.91 Å². The normalized spacial score (nSPS) is 22.6. The van der Waals surface area contributed by atoms with E-state index in [0.29, 0.717) is 23.0 Å². The molecule has 5 nitrogen and oxygen atoms in total. The Morgan fingerprint density at radius 3 is 2.70 bits per heavy atom. The Bertz CT molecular complexity index is 527. The van der Waals surface area contributed by atoms with Gasteiger partial charge in [0.15, 0.2) is 0 Å². The number of amides is 2. The third-order valence-electron chi connectivity index (χ3n) is 3.71. The number of hydrogen-bond acceptors (Lipinski definition) is 3. The minimum absolute atomic E-state index is 0.0883. The van der Waals surface area contributed by atoms with Gasteiger partial charge in [-0.1, -0.05) is 11.6 Å². The first kappa shape index (κ1) is 14.8. The molecular formula is C14H18ClN3O2. The molecule has 1 aliphatic rings. The molecule has 0 bridgehead atoms. The standard InChI is InChI=1S/C14H18ClN3O2/c1-8-5-11(6-12(15)17-8)14(20)18-7-10(13(16)19)4-3-9(18)2/h5-6,9-10H,3-4,7H2,1-2H3,(H2,16,19). The van der Waals surface area contributed by atoms with E-state index in [1.54, 1.807) is 24.0 Å². The highest BCUT2D eigenvalue weighted by Gasteiger charge is 2.32. The topological polar surface area (TPSA) is 76.3 Å². The highest BCUT2D eigenvalue weighted by atomic mass is 35.5. The Morgan fingerprint density at radius 2 is 2.10 bits per heavy atom. The maximum absolute atomic E-state index is 12.6. The van der Waals surface area contributed by atoms with Crippen LogP contribution in [0.3, 0.4) is 0 Å². The lowest BCUT2D eigenvalue weighted by atomic mass is 9.92. The molecule has 1 aromatic rings. The van der Waals surface area contributed by atoms with Crippen molar-refractivity contribution in [2.45, 2.75) is 32.7 Å². The van der Waals surface area contributed by atoms with Gasteiger partial charge in [-0.25, -0.2) is 4.98 Å². The van der Waals surface area contributed by atoms with E-state index >= 15 is 0 Å². The molecule has 1 aromatic heterocycles. The molecule has 108 valence electrons. The zero-order chi connectivity index (χ0) is 14.9. The van der Waals surface area contributed by atoms with E-state index in [2.05, 4.69) is 4.98 Å². The molecule has 6 heteroatoms. The number of rotatable bonds is 2. The first-order valence-corrected chi connectivity index (χ1v) is 7.00. The van der Waals surface area contributed by atoms with Crippen LogP contribution >= 0.6 is 11.6 Å². The second kappa shape index (κ2) is 5.79. The number of halogens is 1. The maximum Gasteiger partial charge on any atom is 0.254 e. The first-order chi connectivity index (χ1) is 9.38. The van der Waals surface area contributed by atoms with Gasteiger partial charge in [0.1, 0.15) is 5.15 Å². The van der Waals surface area contributed by atoms with Crippen molar-refractivity contribution in [3.63, 3.8) is 0 Å². The third kappa shape index (κ3) is 3.10. The van der Waals surface area contributed by atoms with Gasteiger partial charge < -0.3 is 10.6 Å². The van der Waals surface area contributed by atoms with E-state index in [1.165, 1.54) is 0 Å². The van der Waals surface area contributed by atoms with Gasteiger partial charge in [-0.05, 0) is 38.8 Å². The Kier molecular flexibility index (Phi) is 4.28. The summed E-state index contributed by atoms with van der Waals surface area (Å²) in [5.41, 5.74) is 6.55. The van der Waals surface area contributed by atoms with Gasteiger partial charge in [0.05, 0.1) is 5.92 Å². The van der Waals surface area contributed by atoms with Crippen LogP contribution < -0.4 is 5.73 Å². The minimum atomic E-state index is -0.348. The van der Waals surface area contributed by atoms with Crippen molar-refractivity contribution in [2.75, 3.05) is 6.54 Å².